The van der Waals surface area contributed by atoms with E-state index in [2.05, 4.69) is 5.43 Å². The molecule has 0 unspecified atom stereocenters. The molecule has 3 N–H and O–H groups in total. The molecule has 1 rings (SSSR count). The average molecular weight is 171 g/mol. The monoisotopic (exact) mass is 170 g/mol. The summed E-state index contributed by atoms with van der Waals surface area (Å²) in [6.07, 6.45) is 0. The molecule has 0 aliphatic carbocycles. The van der Waals surface area contributed by atoms with Crippen LogP contribution in [-0.2, 0) is 0 Å². The number of rotatable bonds is 1. The third-order valence-corrected chi connectivity index (χ3v) is 1.86. The summed E-state index contributed by atoms with van der Waals surface area (Å²) in [6.45, 7) is 3.93. The number of nitrogens with one attached hydrogen (secondary N) is 1. The summed E-state index contributed by atoms with van der Waals surface area (Å²) in [5.41, 5.74) is 5.72. The van der Waals surface area contributed by atoms with E-state index in [1.54, 1.807) is 0 Å². The van der Waals surface area contributed by atoms with Crippen LogP contribution in [0, 0.1) is 13.8 Å². The molecular formula is C8H11ClN2. The number of benzene rings is 1. The molecule has 11 heavy (non-hydrogen) atoms. The predicted octanol–water partition coefficient (Wildman–Crippen LogP) is 2.24. The molecule has 3 heteroatoms. The molecule has 0 amide bonds. The zero-order valence-electron chi connectivity index (χ0n) is 6.61. The molecule has 0 saturated carbocycles. The van der Waals surface area contributed by atoms with Crippen LogP contribution in [0.1, 0.15) is 11.1 Å². The number of aryl methyl sites for hydroxylation is 2. The van der Waals surface area contributed by atoms with E-state index >= 15 is 0 Å². The van der Waals surface area contributed by atoms with Gasteiger partial charge in [0.2, 0.25) is 0 Å². The van der Waals surface area contributed by atoms with Crippen LogP contribution in [-0.4, -0.2) is 0 Å². The Balaban J connectivity index is 3.25. The lowest BCUT2D eigenvalue weighted by atomic mass is 10.1. The largest absolute Gasteiger partial charge is 0.324 e. The van der Waals surface area contributed by atoms with Gasteiger partial charge in [-0.05, 0) is 37.1 Å². The van der Waals surface area contributed by atoms with E-state index in [-0.39, 0.29) is 0 Å². The molecule has 60 valence electrons. The quantitative estimate of drug-likeness (QED) is 0.501. The van der Waals surface area contributed by atoms with Crippen LogP contribution < -0.4 is 11.3 Å². The van der Waals surface area contributed by atoms with Crippen molar-refractivity contribution in [2.75, 3.05) is 5.43 Å². The molecule has 0 fully saturated rings. The van der Waals surface area contributed by atoms with Crippen LogP contribution in [0.15, 0.2) is 12.1 Å². The minimum absolute atomic E-state index is 0.749. The van der Waals surface area contributed by atoms with Crippen molar-refractivity contribution in [2.24, 2.45) is 5.84 Å². The fraction of sp³-hybridized carbons (Fsp3) is 0.250. The fourth-order valence-corrected chi connectivity index (χ4v) is 1.47. The van der Waals surface area contributed by atoms with Crippen molar-refractivity contribution < 1.29 is 0 Å². The van der Waals surface area contributed by atoms with E-state index in [9.17, 15) is 0 Å². The van der Waals surface area contributed by atoms with Crippen molar-refractivity contribution in [2.45, 2.75) is 13.8 Å². The lowest BCUT2D eigenvalue weighted by Crippen LogP contribution is -2.09. The second-order valence-corrected chi connectivity index (χ2v) is 3.00. The first kappa shape index (κ1) is 8.37. The first-order valence-electron chi connectivity index (χ1n) is 3.38. The van der Waals surface area contributed by atoms with Gasteiger partial charge in [0, 0.05) is 5.02 Å². The maximum absolute atomic E-state index is 5.81. The first-order valence-corrected chi connectivity index (χ1v) is 3.76. The summed E-state index contributed by atoms with van der Waals surface area (Å²) >= 11 is 5.81. The molecule has 0 radical (unpaired) electrons. The van der Waals surface area contributed by atoms with Gasteiger partial charge in [0.25, 0.3) is 0 Å². The third-order valence-electron chi connectivity index (χ3n) is 1.64. The lowest BCUT2D eigenvalue weighted by Gasteiger charge is -2.08. The summed E-state index contributed by atoms with van der Waals surface area (Å²) in [5.74, 6) is 5.31. The molecule has 1 aromatic carbocycles. The SMILES string of the molecule is Cc1cc(Cl)cc(C)c1NN. The molecule has 0 heterocycles. The molecule has 0 saturated heterocycles. The highest BCUT2D eigenvalue weighted by atomic mass is 35.5. The van der Waals surface area contributed by atoms with Gasteiger partial charge in [-0.1, -0.05) is 11.6 Å². The van der Waals surface area contributed by atoms with Crippen LogP contribution >= 0.6 is 11.6 Å². The van der Waals surface area contributed by atoms with E-state index in [1.165, 1.54) is 0 Å². The van der Waals surface area contributed by atoms with E-state index in [0.29, 0.717) is 0 Å². The fourth-order valence-electron chi connectivity index (χ4n) is 1.14. The number of nitrogen functional groups attached to an aromatic ring is 1. The normalized spacial score (nSPS) is 9.82. The smallest absolute Gasteiger partial charge is 0.0544 e. The Kier molecular flexibility index (Phi) is 2.37. The molecule has 0 spiro atoms. The highest BCUT2D eigenvalue weighted by Gasteiger charge is 2.00. The van der Waals surface area contributed by atoms with E-state index in [4.69, 9.17) is 17.4 Å². The molecule has 0 atom stereocenters. The van der Waals surface area contributed by atoms with Crippen molar-refractivity contribution in [1.82, 2.24) is 0 Å². The maximum atomic E-state index is 5.81. The Morgan fingerprint density at radius 1 is 1.27 bits per heavy atom. The van der Waals surface area contributed by atoms with Crippen LogP contribution in [0.3, 0.4) is 0 Å². The zero-order chi connectivity index (χ0) is 8.43. The number of hydrogen-bond acceptors (Lipinski definition) is 2. The summed E-state index contributed by atoms with van der Waals surface area (Å²) in [5, 5.41) is 0.749. The lowest BCUT2D eigenvalue weighted by molar-refractivity contribution is 1.27. The van der Waals surface area contributed by atoms with E-state index in [1.807, 2.05) is 26.0 Å². The molecular weight excluding hydrogens is 160 g/mol. The Morgan fingerprint density at radius 2 is 1.73 bits per heavy atom. The van der Waals surface area contributed by atoms with E-state index < -0.39 is 0 Å². The number of hydrazine groups is 1. The van der Waals surface area contributed by atoms with Gasteiger partial charge in [-0.25, -0.2) is 0 Å². The summed E-state index contributed by atoms with van der Waals surface area (Å²) in [7, 11) is 0. The van der Waals surface area contributed by atoms with Crippen LogP contribution in [0.5, 0.6) is 0 Å². The van der Waals surface area contributed by atoms with Gasteiger partial charge < -0.3 is 5.43 Å². The van der Waals surface area contributed by atoms with Crippen molar-refractivity contribution in [3.63, 3.8) is 0 Å². The standard InChI is InChI=1S/C8H11ClN2/c1-5-3-7(9)4-6(2)8(5)11-10/h3-4,11H,10H2,1-2H3. The number of halogens is 1. The molecule has 0 aliphatic rings. The number of hydrogen-bond donors (Lipinski definition) is 2. The second kappa shape index (κ2) is 3.11. The van der Waals surface area contributed by atoms with Crippen molar-refractivity contribution >= 4 is 17.3 Å². The summed E-state index contributed by atoms with van der Waals surface area (Å²) < 4.78 is 0. The Labute approximate surface area is 71.3 Å². The molecule has 2 nitrogen and oxygen atoms in total. The average Bonchev–Trinajstić information content (AvgIpc) is 1.85. The van der Waals surface area contributed by atoms with Gasteiger partial charge >= 0.3 is 0 Å². The van der Waals surface area contributed by atoms with Gasteiger partial charge in [0.15, 0.2) is 0 Å². The van der Waals surface area contributed by atoms with Crippen LogP contribution in [0.2, 0.25) is 5.02 Å². The Bertz CT molecular complexity index is 248. The topological polar surface area (TPSA) is 38.0 Å². The summed E-state index contributed by atoms with van der Waals surface area (Å²) in [4.78, 5) is 0. The second-order valence-electron chi connectivity index (χ2n) is 2.56. The minimum Gasteiger partial charge on any atom is -0.324 e. The van der Waals surface area contributed by atoms with Gasteiger partial charge in [-0.15, -0.1) is 0 Å². The highest BCUT2D eigenvalue weighted by molar-refractivity contribution is 6.30. The highest BCUT2D eigenvalue weighted by Crippen LogP contribution is 2.23. The zero-order valence-corrected chi connectivity index (χ0v) is 7.37. The molecule has 0 bridgehead atoms. The Morgan fingerprint density at radius 3 is 2.09 bits per heavy atom. The summed E-state index contributed by atoms with van der Waals surface area (Å²) in [6, 6.07) is 3.76. The van der Waals surface area contributed by atoms with Crippen molar-refractivity contribution in [1.29, 1.82) is 0 Å². The van der Waals surface area contributed by atoms with Crippen molar-refractivity contribution in [3.05, 3.63) is 28.3 Å². The van der Waals surface area contributed by atoms with Gasteiger partial charge in [0.1, 0.15) is 0 Å². The molecule has 0 aromatic heterocycles. The molecule has 1 aromatic rings. The Hall–Kier alpha value is -0.730. The number of nitrogens with two attached hydrogens (primary N) is 1. The maximum Gasteiger partial charge on any atom is 0.0544 e. The van der Waals surface area contributed by atoms with Crippen molar-refractivity contribution in [3.8, 4) is 0 Å². The number of anilines is 1. The molecule has 0 aliphatic heterocycles. The minimum atomic E-state index is 0.749. The first-order chi connectivity index (χ1) is 5.15. The predicted molar refractivity (Wildman–Crippen MR) is 48.7 cm³/mol. The third kappa shape index (κ3) is 1.64. The van der Waals surface area contributed by atoms with Crippen LogP contribution in [0.4, 0.5) is 5.69 Å². The van der Waals surface area contributed by atoms with Gasteiger partial charge in [-0.2, -0.15) is 0 Å². The van der Waals surface area contributed by atoms with E-state index in [0.717, 1.165) is 21.8 Å². The van der Waals surface area contributed by atoms with Crippen LogP contribution in [0.25, 0.3) is 0 Å². The van der Waals surface area contributed by atoms with Gasteiger partial charge in [-0.3, -0.25) is 5.84 Å². The van der Waals surface area contributed by atoms with Gasteiger partial charge in [0.05, 0.1) is 5.69 Å².